The van der Waals surface area contributed by atoms with Crippen LogP contribution >= 0.6 is 0 Å². The van der Waals surface area contributed by atoms with Crippen LogP contribution in [0.3, 0.4) is 0 Å². The Morgan fingerprint density at radius 1 is 1.38 bits per heavy atom. The van der Waals surface area contributed by atoms with Crippen molar-refractivity contribution in [3.05, 3.63) is 32.2 Å². The molecule has 1 aliphatic rings. The Kier molecular flexibility index (Phi) is 6.66. The van der Waals surface area contributed by atoms with Crippen molar-refractivity contribution in [2.24, 2.45) is 5.92 Å². The van der Waals surface area contributed by atoms with Gasteiger partial charge in [-0.3, -0.25) is 24.3 Å². The zero-order valence-electron chi connectivity index (χ0n) is 17.3. The Morgan fingerprint density at radius 2 is 2.00 bits per heavy atom. The van der Waals surface area contributed by atoms with Gasteiger partial charge in [0.15, 0.2) is 0 Å². The molecular weight excluding hydrogens is 382 g/mol. The summed E-state index contributed by atoms with van der Waals surface area (Å²) in [4.78, 5) is 47.7. The van der Waals surface area contributed by atoms with E-state index in [1.165, 1.54) is 13.2 Å². The molecule has 10 nitrogen and oxygen atoms in total. The van der Waals surface area contributed by atoms with Crippen molar-refractivity contribution in [1.29, 1.82) is 0 Å². The largest absolute Gasteiger partial charge is 0.467 e. The molecule has 0 unspecified atom stereocenters. The summed E-state index contributed by atoms with van der Waals surface area (Å²) in [7, 11) is 1.24. The fourth-order valence-electron chi connectivity index (χ4n) is 2.98. The number of hydrogen-bond acceptors (Lipinski definition) is 8. The van der Waals surface area contributed by atoms with Gasteiger partial charge in [0.1, 0.15) is 23.9 Å². The second-order valence-electron chi connectivity index (χ2n) is 8.18. The summed E-state index contributed by atoms with van der Waals surface area (Å²) < 4.78 is 11.0. The van der Waals surface area contributed by atoms with Gasteiger partial charge in [0, 0.05) is 5.69 Å². The number of esters is 2. The predicted molar refractivity (Wildman–Crippen MR) is 105 cm³/mol. The Bertz CT molecular complexity index is 866. The average molecular weight is 409 g/mol. The number of methoxy groups -OCH3 is 1. The van der Waals surface area contributed by atoms with Crippen LogP contribution in [0.1, 0.15) is 45.7 Å². The highest BCUT2D eigenvalue weighted by molar-refractivity contribution is 5.80. The van der Waals surface area contributed by atoms with Crippen molar-refractivity contribution in [3.8, 4) is 0 Å². The minimum atomic E-state index is -0.946. The number of ether oxygens (including phenoxy) is 2. The molecule has 0 saturated heterocycles. The number of rotatable bonds is 8. The van der Waals surface area contributed by atoms with Crippen LogP contribution < -0.4 is 10.9 Å². The normalized spacial score (nSPS) is 14.8. The van der Waals surface area contributed by atoms with E-state index >= 15 is 0 Å². The van der Waals surface area contributed by atoms with Crippen molar-refractivity contribution >= 4 is 23.3 Å². The van der Waals surface area contributed by atoms with E-state index in [2.05, 4.69) is 5.32 Å². The molecule has 0 amide bonds. The van der Waals surface area contributed by atoms with Gasteiger partial charge >= 0.3 is 23.2 Å². The number of hydrogen-bond donors (Lipinski definition) is 1. The van der Waals surface area contributed by atoms with Gasteiger partial charge in [-0.1, -0.05) is 12.8 Å². The second-order valence-corrected chi connectivity index (χ2v) is 8.18. The fraction of sp³-hybridized carbons (Fsp3) is 0.632. The van der Waals surface area contributed by atoms with Gasteiger partial charge in [0.2, 0.25) is 0 Å². The van der Waals surface area contributed by atoms with E-state index in [0.29, 0.717) is 18.0 Å². The third-order valence-corrected chi connectivity index (χ3v) is 4.45. The quantitative estimate of drug-likeness (QED) is 0.393. The van der Waals surface area contributed by atoms with Crippen LogP contribution in [-0.2, 0) is 25.6 Å². The van der Waals surface area contributed by atoms with E-state index in [1.807, 2.05) is 0 Å². The SMILES string of the molecule is COC(=O)[C@H](CC1CC1)Nc1cc(C)n(CC(=O)OC(C)(C)C)c(=O)c1[N+](=O)[O-]. The molecule has 1 aliphatic carbocycles. The first kappa shape index (κ1) is 22.4. The molecule has 10 heteroatoms. The number of nitrogens with zero attached hydrogens (tertiary/aromatic N) is 2. The number of anilines is 1. The molecule has 160 valence electrons. The van der Waals surface area contributed by atoms with Crippen LogP contribution in [0.4, 0.5) is 11.4 Å². The van der Waals surface area contributed by atoms with Crippen molar-refractivity contribution in [2.45, 2.75) is 65.1 Å². The molecule has 0 bridgehead atoms. The molecule has 1 aromatic heterocycles. The number of carbonyl (C=O) groups is 2. The molecule has 29 heavy (non-hydrogen) atoms. The van der Waals surface area contributed by atoms with Gasteiger partial charge in [-0.05, 0) is 46.1 Å². The van der Waals surface area contributed by atoms with Gasteiger partial charge < -0.3 is 14.8 Å². The van der Waals surface area contributed by atoms with Gasteiger partial charge in [-0.15, -0.1) is 0 Å². The molecule has 1 atom stereocenters. The summed E-state index contributed by atoms with van der Waals surface area (Å²) >= 11 is 0. The number of carbonyl (C=O) groups excluding carboxylic acids is 2. The van der Waals surface area contributed by atoms with E-state index in [-0.39, 0.29) is 5.69 Å². The standard InChI is InChI=1S/C19H27N3O7/c1-11-8-13(20-14(18(25)28-5)9-12-6-7-12)16(22(26)27)17(24)21(11)10-15(23)29-19(2,3)4/h8,12,14,20H,6-7,9-10H2,1-5H3/t14-/m0/s1. The van der Waals surface area contributed by atoms with Crippen molar-refractivity contribution in [1.82, 2.24) is 4.57 Å². The molecule has 1 heterocycles. The van der Waals surface area contributed by atoms with Gasteiger partial charge in [0.05, 0.1) is 12.0 Å². The van der Waals surface area contributed by atoms with Crippen LogP contribution in [0.25, 0.3) is 0 Å². The number of nitrogens with one attached hydrogen (secondary N) is 1. The van der Waals surface area contributed by atoms with E-state index in [0.717, 1.165) is 17.4 Å². The maximum Gasteiger partial charge on any atom is 0.356 e. The summed E-state index contributed by atoms with van der Waals surface area (Å²) in [5.74, 6) is -0.889. The molecule has 0 aliphatic heterocycles. The zero-order chi connectivity index (χ0) is 21.9. The van der Waals surface area contributed by atoms with Crippen LogP contribution in [0.5, 0.6) is 0 Å². The maximum absolute atomic E-state index is 12.8. The summed E-state index contributed by atoms with van der Waals surface area (Å²) in [5.41, 5.74) is -2.18. The third kappa shape index (κ3) is 6.03. The first-order valence-corrected chi connectivity index (χ1v) is 9.38. The Hall–Kier alpha value is -2.91. The molecule has 1 fully saturated rings. The highest BCUT2D eigenvalue weighted by Gasteiger charge is 2.33. The molecule has 0 aromatic carbocycles. The van der Waals surface area contributed by atoms with Crippen molar-refractivity contribution in [2.75, 3.05) is 12.4 Å². The molecule has 2 rings (SSSR count). The number of aryl methyl sites for hydroxylation is 1. The summed E-state index contributed by atoms with van der Waals surface area (Å²) in [6.07, 6.45) is 2.42. The van der Waals surface area contributed by atoms with Gasteiger partial charge in [0.25, 0.3) is 0 Å². The Labute approximate surface area is 168 Å². The summed E-state index contributed by atoms with van der Waals surface area (Å²) in [5, 5.41) is 14.4. The first-order valence-electron chi connectivity index (χ1n) is 9.38. The van der Waals surface area contributed by atoms with Crippen LogP contribution in [0, 0.1) is 23.0 Å². The topological polar surface area (TPSA) is 130 Å². The monoisotopic (exact) mass is 409 g/mol. The van der Waals surface area contributed by atoms with Crippen LogP contribution in [0.2, 0.25) is 0 Å². The summed E-state index contributed by atoms with van der Waals surface area (Å²) in [6.45, 7) is 6.15. The highest BCUT2D eigenvalue weighted by atomic mass is 16.6. The number of aromatic nitrogens is 1. The minimum absolute atomic E-state index is 0.0750. The number of nitro groups is 1. The second kappa shape index (κ2) is 8.62. The molecule has 0 spiro atoms. The average Bonchev–Trinajstić information content (AvgIpc) is 3.39. The highest BCUT2D eigenvalue weighted by Crippen LogP contribution is 2.35. The summed E-state index contributed by atoms with van der Waals surface area (Å²) in [6, 6.07) is 0.582. The lowest BCUT2D eigenvalue weighted by molar-refractivity contribution is -0.385. The molecule has 0 radical (unpaired) electrons. The van der Waals surface area contributed by atoms with Crippen LogP contribution in [-0.4, -0.2) is 40.2 Å². The van der Waals surface area contributed by atoms with E-state index in [1.54, 1.807) is 27.7 Å². The third-order valence-electron chi connectivity index (χ3n) is 4.45. The van der Waals surface area contributed by atoms with Crippen molar-refractivity contribution in [3.63, 3.8) is 0 Å². The van der Waals surface area contributed by atoms with E-state index in [4.69, 9.17) is 9.47 Å². The van der Waals surface area contributed by atoms with Gasteiger partial charge in [-0.2, -0.15) is 0 Å². The molecular formula is C19H27N3O7. The lowest BCUT2D eigenvalue weighted by Crippen LogP contribution is -2.35. The molecule has 1 saturated carbocycles. The predicted octanol–water partition coefficient (Wildman–Crippen LogP) is 2.16. The van der Waals surface area contributed by atoms with E-state index < -0.39 is 46.3 Å². The lowest BCUT2D eigenvalue weighted by Gasteiger charge is -2.21. The molecule has 1 N–H and O–H groups in total. The Balaban J connectivity index is 2.38. The first-order chi connectivity index (χ1) is 13.4. The lowest BCUT2D eigenvalue weighted by atomic mass is 10.1. The smallest absolute Gasteiger partial charge is 0.356 e. The van der Waals surface area contributed by atoms with Crippen LogP contribution in [0.15, 0.2) is 10.9 Å². The van der Waals surface area contributed by atoms with Crippen molar-refractivity contribution < 1.29 is 24.0 Å². The van der Waals surface area contributed by atoms with Gasteiger partial charge in [-0.25, -0.2) is 4.79 Å². The molecule has 1 aromatic rings. The minimum Gasteiger partial charge on any atom is -0.467 e. The van der Waals surface area contributed by atoms with E-state index in [9.17, 15) is 24.5 Å². The number of pyridine rings is 1. The Morgan fingerprint density at radius 3 is 2.48 bits per heavy atom. The zero-order valence-corrected chi connectivity index (χ0v) is 17.3. The maximum atomic E-state index is 12.8. The fourth-order valence-corrected chi connectivity index (χ4v) is 2.98.